The van der Waals surface area contributed by atoms with Gasteiger partial charge in [-0.25, -0.2) is 4.21 Å². The molecule has 0 saturated carbocycles. The molecule has 0 saturated heterocycles. The molecule has 3 aromatic carbocycles. The summed E-state index contributed by atoms with van der Waals surface area (Å²) in [5, 5.41) is 10.6. The first-order valence-electron chi connectivity index (χ1n) is 10.9. The molecule has 7 heteroatoms. The largest absolute Gasteiger partial charge is 0.339 e. The third-order valence-electron chi connectivity index (χ3n) is 5.50. The van der Waals surface area contributed by atoms with Crippen molar-refractivity contribution >= 4 is 45.1 Å². The third-order valence-corrected chi connectivity index (χ3v) is 5.89. The van der Waals surface area contributed by atoms with Gasteiger partial charge in [0.25, 0.3) is 0 Å². The number of H-pyrrole nitrogens is 1. The van der Waals surface area contributed by atoms with E-state index in [1.165, 1.54) is 17.2 Å². The minimum Gasteiger partial charge on any atom is -0.339 e. The van der Waals surface area contributed by atoms with Gasteiger partial charge in [-0.1, -0.05) is 67.6 Å². The van der Waals surface area contributed by atoms with Gasteiger partial charge in [0, 0.05) is 11.5 Å². The summed E-state index contributed by atoms with van der Waals surface area (Å²) in [6, 6.07) is 24.7. The number of carbonyl (C=O) groups is 1. The van der Waals surface area contributed by atoms with Crippen LogP contribution in [0.15, 0.2) is 85.1 Å². The van der Waals surface area contributed by atoms with Crippen molar-refractivity contribution in [3.63, 3.8) is 0 Å². The highest BCUT2D eigenvalue weighted by molar-refractivity contribution is 7.79. The van der Waals surface area contributed by atoms with Gasteiger partial charge in [-0.05, 0) is 58.0 Å². The fourth-order valence-corrected chi connectivity index (χ4v) is 4.17. The number of fused-ring (bicyclic) bond motifs is 1. The second kappa shape index (κ2) is 10.9. The molecule has 0 fully saturated rings. The number of aromatic amines is 1. The summed E-state index contributed by atoms with van der Waals surface area (Å²) in [4.78, 5) is 11.8. The van der Waals surface area contributed by atoms with Crippen LogP contribution in [0.25, 0.3) is 28.1 Å². The topological polar surface area (TPSA) is 95.1 Å². The van der Waals surface area contributed by atoms with Gasteiger partial charge >= 0.3 is 0 Å². The molecule has 0 aliphatic heterocycles. The lowest BCUT2D eigenvalue weighted by molar-refractivity contribution is -0.116. The van der Waals surface area contributed by atoms with E-state index in [9.17, 15) is 9.00 Å². The molecule has 172 valence electrons. The summed E-state index contributed by atoms with van der Waals surface area (Å²) in [5.41, 5.74) is 7.58. The number of amides is 1. The summed E-state index contributed by atoms with van der Waals surface area (Å²) < 4.78 is 19.5. The Labute approximate surface area is 200 Å². The summed E-state index contributed by atoms with van der Waals surface area (Å²) in [6.07, 6.45) is 5.72. The van der Waals surface area contributed by atoms with Crippen LogP contribution in [0, 0.1) is 0 Å². The summed E-state index contributed by atoms with van der Waals surface area (Å²) in [5.74, 6) is -0.714. The second-order valence-electron chi connectivity index (χ2n) is 7.71. The van der Waals surface area contributed by atoms with Gasteiger partial charge in [-0.15, -0.1) is 0 Å². The van der Waals surface area contributed by atoms with Crippen LogP contribution in [0.4, 0.5) is 0 Å². The van der Waals surface area contributed by atoms with Crippen LogP contribution in [0.5, 0.6) is 0 Å². The van der Waals surface area contributed by atoms with Gasteiger partial charge < -0.3 is 9.87 Å². The van der Waals surface area contributed by atoms with Crippen LogP contribution in [-0.2, 0) is 15.9 Å². The SMILES string of the molecule is CC/C(=C(/c1ccc(/C=C/C(=O)NCS(=O)O)cc1)c1ccc2[nH]ncc2c1)c1ccccc1. The number of benzene rings is 3. The quantitative estimate of drug-likeness (QED) is 0.186. The van der Waals surface area contributed by atoms with Crippen molar-refractivity contribution in [2.45, 2.75) is 13.3 Å². The molecule has 0 bridgehead atoms. The molecule has 1 unspecified atom stereocenters. The van der Waals surface area contributed by atoms with Crippen molar-refractivity contribution in [1.82, 2.24) is 15.5 Å². The smallest absolute Gasteiger partial charge is 0.244 e. The Balaban J connectivity index is 1.73. The molecule has 1 atom stereocenters. The lowest BCUT2D eigenvalue weighted by atomic mass is 9.87. The molecule has 0 spiro atoms. The fraction of sp³-hybridized carbons (Fsp3) is 0.111. The number of aromatic nitrogens is 2. The lowest BCUT2D eigenvalue weighted by Crippen LogP contribution is -2.24. The van der Waals surface area contributed by atoms with Gasteiger partial charge in [0.1, 0.15) is 5.88 Å². The van der Waals surface area contributed by atoms with E-state index in [2.05, 4.69) is 46.7 Å². The van der Waals surface area contributed by atoms with E-state index in [-0.39, 0.29) is 5.88 Å². The number of nitrogens with zero attached hydrogens (tertiary/aromatic N) is 1. The number of nitrogens with one attached hydrogen (secondary N) is 2. The maximum atomic E-state index is 11.8. The molecule has 6 nitrogen and oxygen atoms in total. The molecule has 4 aromatic rings. The van der Waals surface area contributed by atoms with Gasteiger partial charge in [-0.3, -0.25) is 9.89 Å². The highest BCUT2D eigenvalue weighted by Crippen LogP contribution is 2.35. The Hall–Kier alpha value is -3.81. The molecule has 1 aromatic heterocycles. The predicted octanol–water partition coefficient (Wildman–Crippen LogP) is 5.24. The van der Waals surface area contributed by atoms with Gasteiger partial charge in [-0.2, -0.15) is 5.10 Å². The number of rotatable bonds is 8. The van der Waals surface area contributed by atoms with Crippen LogP contribution >= 0.6 is 0 Å². The molecule has 3 N–H and O–H groups in total. The predicted molar refractivity (Wildman–Crippen MR) is 138 cm³/mol. The number of hydrogen-bond donors (Lipinski definition) is 3. The first-order chi connectivity index (χ1) is 16.5. The molecule has 0 radical (unpaired) electrons. The minimum absolute atomic E-state index is 0.295. The van der Waals surface area contributed by atoms with E-state index in [1.54, 1.807) is 6.08 Å². The van der Waals surface area contributed by atoms with E-state index in [1.807, 2.05) is 54.7 Å². The van der Waals surface area contributed by atoms with Crippen LogP contribution in [0.1, 0.15) is 35.6 Å². The van der Waals surface area contributed by atoms with E-state index in [0.717, 1.165) is 39.6 Å². The van der Waals surface area contributed by atoms with E-state index in [0.29, 0.717) is 0 Å². The van der Waals surface area contributed by atoms with Crippen molar-refractivity contribution < 1.29 is 13.6 Å². The van der Waals surface area contributed by atoms with Crippen molar-refractivity contribution in [2.75, 3.05) is 5.88 Å². The first-order valence-corrected chi connectivity index (χ1v) is 12.2. The van der Waals surface area contributed by atoms with E-state index in [4.69, 9.17) is 4.55 Å². The van der Waals surface area contributed by atoms with Gasteiger partial charge in [0.15, 0.2) is 11.1 Å². The lowest BCUT2D eigenvalue weighted by Gasteiger charge is -2.17. The highest BCUT2D eigenvalue weighted by atomic mass is 32.2. The Bertz CT molecular complexity index is 1370. The average molecular weight is 472 g/mol. The average Bonchev–Trinajstić information content (AvgIpc) is 3.33. The maximum absolute atomic E-state index is 11.8. The normalized spacial score (nSPS) is 13.1. The molecule has 1 heterocycles. The zero-order chi connectivity index (χ0) is 23.9. The first kappa shape index (κ1) is 23.4. The summed E-state index contributed by atoms with van der Waals surface area (Å²) >= 11 is -2.07. The van der Waals surface area contributed by atoms with Crippen LogP contribution in [-0.4, -0.2) is 30.7 Å². The zero-order valence-corrected chi connectivity index (χ0v) is 19.5. The number of hydrogen-bond acceptors (Lipinski definition) is 3. The van der Waals surface area contributed by atoms with E-state index < -0.39 is 17.0 Å². The van der Waals surface area contributed by atoms with Crippen molar-refractivity contribution in [3.8, 4) is 0 Å². The molecular formula is C27H25N3O3S. The summed E-state index contributed by atoms with van der Waals surface area (Å²) in [7, 11) is 0. The van der Waals surface area contributed by atoms with Crippen LogP contribution in [0.2, 0.25) is 0 Å². The summed E-state index contributed by atoms with van der Waals surface area (Å²) in [6.45, 7) is 2.16. The van der Waals surface area contributed by atoms with Crippen LogP contribution in [0.3, 0.4) is 0 Å². The van der Waals surface area contributed by atoms with Crippen molar-refractivity contribution in [3.05, 3.63) is 107 Å². The molecular weight excluding hydrogens is 446 g/mol. The van der Waals surface area contributed by atoms with Gasteiger partial charge in [0.05, 0.1) is 11.7 Å². The van der Waals surface area contributed by atoms with Crippen molar-refractivity contribution in [1.29, 1.82) is 0 Å². The molecule has 1 amide bonds. The Morgan fingerprint density at radius 1 is 1.03 bits per heavy atom. The molecule has 34 heavy (non-hydrogen) atoms. The zero-order valence-electron chi connectivity index (χ0n) is 18.7. The second-order valence-corrected chi connectivity index (χ2v) is 8.64. The minimum atomic E-state index is -2.07. The highest BCUT2D eigenvalue weighted by Gasteiger charge is 2.14. The Morgan fingerprint density at radius 2 is 1.76 bits per heavy atom. The molecule has 0 aliphatic rings. The Morgan fingerprint density at radius 3 is 2.47 bits per heavy atom. The van der Waals surface area contributed by atoms with Gasteiger partial charge in [0.2, 0.25) is 5.91 Å². The van der Waals surface area contributed by atoms with E-state index >= 15 is 0 Å². The molecule has 0 aliphatic carbocycles. The number of allylic oxidation sites excluding steroid dienone is 1. The maximum Gasteiger partial charge on any atom is 0.244 e. The monoisotopic (exact) mass is 471 g/mol. The Kier molecular flexibility index (Phi) is 7.47. The van der Waals surface area contributed by atoms with Crippen molar-refractivity contribution in [2.24, 2.45) is 0 Å². The fourth-order valence-electron chi connectivity index (χ4n) is 3.90. The number of carbonyl (C=O) groups excluding carboxylic acids is 1. The third kappa shape index (κ3) is 5.57. The standard InChI is InChI=1S/C27H25N3O3S/c1-2-24(20-6-4-3-5-7-20)27(22-13-14-25-23(16-22)17-29-30-25)21-11-8-19(9-12-21)10-15-26(31)28-18-34(32)33/h3-17H,2,18H2,1H3,(H,28,31)(H,29,30)(H,32,33)/b15-10+,27-24+. The molecule has 4 rings (SSSR count). The van der Waals surface area contributed by atoms with Crippen LogP contribution < -0.4 is 5.32 Å².